The lowest BCUT2D eigenvalue weighted by Crippen LogP contribution is -2.59. The van der Waals surface area contributed by atoms with Gasteiger partial charge in [0, 0.05) is 31.8 Å². The molecule has 2 fully saturated rings. The van der Waals surface area contributed by atoms with Crippen molar-refractivity contribution in [3.63, 3.8) is 0 Å². The van der Waals surface area contributed by atoms with Gasteiger partial charge in [-0.25, -0.2) is 0 Å². The molecule has 2 rings (SSSR count). The maximum absolute atomic E-state index is 6.24. The highest BCUT2D eigenvalue weighted by molar-refractivity contribution is 4.99. The number of rotatable bonds is 5. The molecule has 2 unspecified atom stereocenters. The number of nitrogens with zero attached hydrogens (tertiary/aromatic N) is 1. The summed E-state index contributed by atoms with van der Waals surface area (Å²) >= 11 is 0. The highest BCUT2D eigenvalue weighted by atomic mass is 16.5. The highest BCUT2D eigenvalue weighted by Gasteiger charge is 2.42. The van der Waals surface area contributed by atoms with Crippen LogP contribution < -0.4 is 5.73 Å². The van der Waals surface area contributed by atoms with E-state index in [-0.39, 0.29) is 5.54 Å². The maximum Gasteiger partial charge on any atom is 0.0469 e. The average Bonchev–Trinajstić information content (AvgIpc) is 2.47. The van der Waals surface area contributed by atoms with E-state index in [1.165, 1.54) is 51.5 Å². The molecule has 0 amide bonds. The van der Waals surface area contributed by atoms with Crippen molar-refractivity contribution in [2.45, 2.75) is 57.4 Å². The standard InChI is InChI=1S/C16H32N2O/c1-3-15-6-4-5-9-16(15,13-17)18(2)12-14-7-10-19-11-8-14/h14-15H,3-13,17H2,1-2H3. The van der Waals surface area contributed by atoms with Crippen molar-refractivity contribution in [2.24, 2.45) is 17.6 Å². The van der Waals surface area contributed by atoms with Crippen LogP contribution in [0.25, 0.3) is 0 Å². The Hall–Kier alpha value is -0.120. The van der Waals surface area contributed by atoms with E-state index in [2.05, 4.69) is 18.9 Å². The van der Waals surface area contributed by atoms with Gasteiger partial charge >= 0.3 is 0 Å². The fraction of sp³-hybridized carbons (Fsp3) is 1.00. The second-order valence-electron chi connectivity index (χ2n) is 6.59. The zero-order chi connectivity index (χ0) is 13.7. The van der Waals surface area contributed by atoms with Gasteiger partial charge in [-0.05, 0) is 44.6 Å². The molecule has 0 spiro atoms. The molecule has 112 valence electrons. The molecule has 0 aromatic heterocycles. The van der Waals surface area contributed by atoms with Crippen molar-refractivity contribution in [1.82, 2.24) is 4.90 Å². The Morgan fingerprint density at radius 3 is 2.58 bits per heavy atom. The summed E-state index contributed by atoms with van der Waals surface area (Å²) in [4.78, 5) is 2.62. The molecular weight excluding hydrogens is 236 g/mol. The van der Waals surface area contributed by atoms with Crippen LogP contribution in [0.5, 0.6) is 0 Å². The molecule has 3 nitrogen and oxygen atoms in total. The van der Waals surface area contributed by atoms with Gasteiger partial charge in [0.2, 0.25) is 0 Å². The molecule has 2 atom stereocenters. The van der Waals surface area contributed by atoms with Crippen molar-refractivity contribution < 1.29 is 4.74 Å². The molecule has 0 bridgehead atoms. The number of likely N-dealkylation sites (N-methyl/N-ethyl adjacent to an activating group) is 1. The molecule has 1 aliphatic carbocycles. The molecule has 1 heterocycles. The first kappa shape index (κ1) is 15.3. The zero-order valence-electron chi connectivity index (χ0n) is 12.9. The molecule has 0 aromatic rings. The summed E-state index contributed by atoms with van der Waals surface area (Å²) in [5, 5.41) is 0. The third-order valence-corrected chi connectivity index (χ3v) is 5.65. The fourth-order valence-electron chi connectivity index (χ4n) is 4.30. The average molecular weight is 268 g/mol. The zero-order valence-corrected chi connectivity index (χ0v) is 12.9. The Kier molecular flexibility index (Phi) is 5.67. The Morgan fingerprint density at radius 1 is 1.21 bits per heavy atom. The third kappa shape index (κ3) is 3.32. The minimum Gasteiger partial charge on any atom is -0.381 e. The van der Waals surface area contributed by atoms with E-state index in [1.807, 2.05) is 0 Å². The van der Waals surface area contributed by atoms with Gasteiger partial charge in [-0.3, -0.25) is 4.90 Å². The molecule has 1 aliphatic heterocycles. The van der Waals surface area contributed by atoms with Crippen LogP contribution in [0.4, 0.5) is 0 Å². The molecule has 1 saturated carbocycles. The lowest BCUT2D eigenvalue weighted by Gasteiger charge is -2.50. The fourth-order valence-corrected chi connectivity index (χ4v) is 4.30. The molecule has 2 aliphatic rings. The number of hydrogen-bond acceptors (Lipinski definition) is 3. The summed E-state index contributed by atoms with van der Waals surface area (Å²) in [6.07, 6.45) is 9.13. The Balaban J connectivity index is 2.01. The van der Waals surface area contributed by atoms with E-state index < -0.39 is 0 Å². The van der Waals surface area contributed by atoms with E-state index in [4.69, 9.17) is 10.5 Å². The van der Waals surface area contributed by atoms with Crippen molar-refractivity contribution in [3.05, 3.63) is 0 Å². The Labute approximate surface area is 118 Å². The van der Waals surface area contributed by atoms with E-state index in [1.54, 1.807) is 0 Å². The van der Waals surface area contributed by atoms with Gasteiger partial charge in [0.15, 0.2) is 0 Å². The minimum atomic E-state index is 0.269. The molecule has 0 aromatic carbocycles. The lowest BCUT2D eigenvalue weighted by molar-refractivity contribution is -0.00719. The number of ether oxygens (including phenoxy) is 1. The first-order chi connectivity index (χ1) is 9.23. The SMILES string of the molecule is CCC1CCCCC1(CN)N(C)CC1CCOCC1. The van der Waals surface area contributed by atoms with Crippen molar-refractivity contribution in [2.75, 3.05) is 33.4 Å². The number of hydrogen-bond donors (Lipinski definition) is 1. The summed E-state index contributed by atoms with van der Waals surface area (Å²) < 4.78 is 5.48. The predicted molar refractivity (Wildman–Crippen MR) is 80.2 cm³/mol. The van der Waals surface area contributed by atoms with Gasteiger partial charge < -0.3 is 10.5 Å². The van der Waals surface area contributed by atoms with Gasteiger partial charge in [0.1, 0.15) is 0 Å². The Bertz CT molecular complexity index is 265. The van der Waals surface area contributed by atoms with Crippen LogP contribution in [0.1, 0.15) is 51.9 Å². The third-order valence-electron chi connectivity index (χ3n) is 5.65. The second kappa shape index (κ2) is 7.05. The first-order valence-electron chi connectivity index (χ1n) is 8.22. The summed E-state index contributed by atoms with van der Waals surface area (Å²) in [5.41, 5.74) is 6.51. The first-order valence-corrected chi connectivity index (χ1v) is 8.22. The smallest absolute Gasteiger partial charge is 0.0469 e. The maximum atomic E-state index is 6.24. The number of nitrogens with two attached hydrogens (primary N) is 1. The van der Waals surface area contributed by atoms with Crippen LogP contribution in [0.2, 0.25) is 0 Å². The largest absolute Gasteiger partial charge is 0.381 e. The lowest BCUT2D eigenvalue weighted by atomic mass is 9.70. The molecule has 19 heavy (non-hydrogen) atoms. The van der Waals surface area contributed by atoms with Gasteiger partial charge in [0.25, 0.3) is 0 Å². The summed E-state index contributed by atoms with van der Waals surface area (Å²) in [5.74, 6) is 1.60. The van der Waals surface area contributed by atoms with Gasteiger partial charge in [0.05, 0.1) is 0 Å². The normalized spacial score (nSPS) is 33.8. The molecule has 3 heteroatoms. The van der Waals surface area contributed by atoms with Gasteiger partial charge in [-0.2, -0.15) is 0 Å². The van der Waals surface area contributed by atoms with E-state index in [0.29, 0.717) is 0 Å². The topological polar surface area (TPSA) is 38.5 Å². The molecular formula is C16H32N2O. The quantitative estimate of drug-likeness (QED) is 0.833. The van der Waals surface area contributed by atoms with Crippen LogP contribution in [0.15, 0.2) is 0 Å². The molecule has 1 saturated heterocycles. The van der Waals surface area contributed by atoms with Crippen molar-refractivity contribution >= 4 is 0 Å². The minimum absolute atomic E-state index is 0.269. The van der Waals surface area contributed by atoms with Crippen LogP contribution in [0, 0.1) is 11.8 Å². The van der Waals surface area contributed by atoms with E-state index in [0.717, 1.165) is 31.6 Å². The van der Waals surface area contributed by atoms with Crippen LogP contribution in [-0.2, 0) is 4.74 Å². The molecule has 2 N–H and O–H groups in total. The predicted octanol–water partition coefficient (Wildman–Crippen LogP) is 2.64. The van der Waals surface area contributed by atoms with Gasteiger partial charge in [-0.15, -0.1) is 0 Å². The van der Waals surface area contributed by atoms with Crippen molar-refractivity contribution in [3.8, 4) is 0 Å². The highest BCUT2D eigenvalue weighted by Crippen LogP contribution is 2.39. The second-order valence-corrected chi connectivity index (χ2v) is 6.59. The van der Waals surface area contributed by atoms with E-state index in [9.17, 15) is 0 Å². The molecule has 0 radical (unpaired) electrons. The van der Waals surface area contributed by atoms with Crippen LogP contribution >= 0.6 is 0 Å². The van der Waals surface area contributed by atoms with Crippen LogP contribution in [-0.4, -0.2) is 43.8 Å². The van der Waals surface area contributed by atoms with Gasteiger partial charge in [-0.1, -0.05) is 26.2 Å². The summed E-state index contributed by atoms with van der Waals surface area (Å²) in [7, 11) is 2.32. The summed E-state index contributed by atoms with van der Waals surface area (Å²) in [6.45, 7) is 6.27. The van der Waals surface area contributed by atoms with Crippen molar-refractivity contribution in [1.29, 1.82) is 0 Å². The van der Waals surface area contributed by atoms with Crippen LogP contribution in [0.3, 0.4) is 0 Å². The Morgan fingerprint density at radius 2 is 1.95 bits per heavy atom. The monoisotopic (exact) mass is 268 g/mol. The van der Waals surface area contributed by atoms with E-state index >= 15 is 0 Å². The summed E-state index contributed by atoms with van der Waals surface area (Å²) in [6, 6.07) is 0.